The number of nitrogens with one attached hydrogen (secondary N) is 1. The Bertz CT molecular complexity index is 642. The summed E-state index contributed by atoms with van der Waals surface area (Å²) >= 11 is 4.99. The number of methoxy groups -OCH3 is 1. The first-order valence-electron chi connectivity index (χ1n) is 6.64. The first-order valence-corrected chi connectivity index (χ1v) is 8.25. The fourth-order valence-electron chi connectivity index (χ4n) is 1.88. The van der Waals surface area contributed by atoms with Crippen molar-refractivity contribution in [1.82, 2.24) is 10.3 Å². The van der Waals surface area contributed by atoms with Crippen LogP contribution in [0.2, 0.25) is 0 Å². The van der Waals surface area contributed by atoms with Crippen molar-refractivity contribution in [2.75, 3.05) is 7.11 Å². The van der Waals surface area contributed by atoms with Gasteiger partial charge in [-0.15, -0.1) is 11.3 Å². The van der Waals surface area contributed by atoms with Gasteiger partial charge in [-0.25, -0.2) is 4.98 Å². The van der Waals surface area contributed by atoms with Crippen molar-refractivity contribution in [3.63, 3.8) is 0 Å². The van der Waals surface area contributed by atoms with Crippen LogP contribution in [0.3, 0.4) is 0 Å². The summed E-state index contributed by atoms with van der Waals surface area (Å²) in [5.74, 6) is 0.377. The molecule has 0 spiro atoms. The molecule has 0 saturated heterocycles. The number of hydrogen-bond donors (Lipinski definition) is 1. The molecule has 0 bridgehead atoms. The van der Waals surface area contributed by atoms with Crippen LogP contribution in [-0.2, 0) is 6.42 Å². The summed E-state index contributed by atoms with van der Waals surface area (Å²) in [5, 5.41) is 3.87. The lowest BCUT2D eigenvalue weighted by molar-refractivity contribution is 0.0937. The van der Waals surface area contributed by atoms with E-state index in [0.717, 1.165) is 15.9 Å². The lowest BCUT2D eigenvalue weighted by Gasteiger charge is -2.13. The highest BCUT2D eigenvalue weighted by atomic mass is 79.9. The first-order chi connectivity index (χ1) is 10.0. The standard InChI is InChI=1S/C15H17BrN2O2S/c1-4-11-8-17-15(21-11)9(2)18-14(19)12-6-5-10(16)7-13(12)20-3/h5-9H,4H2,1-3H3,(H,18,19). The molecule has 0 saturated carbocycles. The molecule has 1 amide bonds. The number of hydrogen-bond acceptors (Lipinski definition) is 4. The summed E-state index contributed by atoms with van der Waals surface area (Å²) in [6.07, 6.45) is 2.82. The molecule has 1 unspecified atom stereocenters. The number of rotatable bonds is 5. The Morgan fingerprint density at radius 1 is 1.52 bits per heavy atom. The van der Waals surface area contributed by atoms with E-state index in [4.69, 9.17) is 4.74 Å². The number of thiazole rings is 1. The van der Waals surface area contributed by atoms with Gasteiger partial charge in [0.05, 0.1) is 18.7 Å². The highest BCUT2D eigenvalue weighted by Crippen LogP contribution is 2.25. The number of ether oxygens (including phenoxy) is 1. The van der Waals surface area contributed by atoms with Crippen LogP contribution >= 0.6 is 27.3 Å². The molecule has 0 aliphatic heterocycles. The third kappa shape index (κ3) is 3.83. The number of halogens is 1. The van der Waals surface area contributed by atoms with Gasteiger partial charge in [-0.3, -0.25) is 4.79 Å². The van der Waals surface area contributed by atoms with E-state index < -0.39 is 0 Å². The molecule has 112 valence electrons. The molecule has 2 aromatic rings. The van der Waals surface area contributed by atoms with E-state index in [2.05, 4.69) is 33.2 Å². The second-order valence-corrected chi connectivity index (χ2v) is 6.62. The largest absolute Gasteiger partial charge is 0.496 e. The minimum atomic E-state index is -0.167. The molecule has 4 nitrogen and oxygen atoms in total. The zero-order valence-corrected chi connectivity index (χ0v) is 14.5. The van der Waals surface area contributed by atoms with Gasteiger partial charge in [-0.2, -0.15) is 0 Å². The highest BCUT2D eigenvalue weighted by molar-refractivity contribution is 9.10. The number of amides is 1. The van der Waals surface area contributed by atoms with Gasteiger partial charge >= 0.3 is 0 Å². The zero-order valence-electron chi connectivity index (χ0n) is 12.1. The topological polar surface area (TPSA) is 51.2 Å². The van der Waals surface area contributed by atoms with E-state index in [1.54, 1.807) is 30.6 Å². The number of carbonyl (C=O) groups excluding carboxylic acids is 1. The van der Waals surface area contributed by atoms with Crippen LogP contribution in [0, 0.1) is 0 Å². The van der Waals surface area contributed by atoms with Crippen LogP contribution in [0.1, 0.15) is 40.1 Å². The van der Waals surface area contributed by atoms with Crippen LogP contribution < -0.4 is 10.1 Å². The molecule has 0 aliphatic rings. The quantitative estimate of drug-likeness (QED) is 0.868. The van der Waals surface area contributed by atoms with Crippen molar-refractivity contribution >= 4 is 33.2 Å². The van der Waals surface area contributed by atoms with Gasteiger partial charge in [-0.05, 0) is 31.5 Å². The molecule has 1 aromatic heterocycles. The minimum Gasteiger partial charge on any atom is -0.496 e. The number of aromatic nitrogens is 1. The van der Waals surface area contributed by atoms with Crippen LogP contribution in [0.15, 0.2) is 28.9 Å². The van der Waals surface area contributed by atoms with Gasteiger partial charge in [0.2, 0.25) is 0 Å². The van der Waals surface area contributed by atoms with E-state index in [-0.39, 0.29) is 11.9 Å². The summed E-state index contributed by atoms with van der Waals surface area (Å²) in [4.78, 5) is 17.9. The summed E-state index contributed by atoms with van der Waals surface area (Å²) in [5.41, 5.74) is 0.514. The number of carbonyl (C=O) groups is 1. The van der Waals surface area contributed by atoms with E-state index in [1.807, 2.05) is 19.2 Å². The highest BCUT2D eigenvalue weighted by Gasteiger charge is 2.17. The maximum atomic E-state index is 12.4. The summed E-state index contributed by atoms with van der Waals surface area (Å²) < 4.78 is 6.12. The minimum absolute atomic E-state index is 0.129. The van der Waals surface area contributed by atoms with Gasteiger partial charge in [0.25, 0.3) is 5.91 Å². The molecule has 1 atom stereocenters. The lowest BCUT2D eigenvalue weighted by atomic mass is 10.1. The SMILES string of the molecule is CCc1cnc(C(C)NC(=O)c2ccc(Br)cc2OC)s1. The van der Waals surface area contributed by atoms with E-state index in [9.17, 15) is 4.79 Å². The average molecular weight is 369 g/mol. The third-order valence-electron chi connectivity index (χ3n) is 3.05. The predicted octanol–water partition coefficient (Wildman–Crippen LogP) is 3.97. The molecule has 0 aliphatic carbocycles. The van der Waals surface area contributed by atoms with Crippen molar-refractivity contribution in [1.29, 1.82) is 0 Å². The van der Waals surface area contributed by atoms with E-state index in [1.165, 1.54) is 4.88 Å². The fraction of sp³-hybridized carbons (Fsp3) is 0.333. The molecule has 6 heteroatoms. The predicted molar refractivity (Wildman–Crippen MR) is 88.1 cm³/mol. The van der Waals surface area contributed by atoms with Gasteiger partial charge in [0.15, 0.2) is 0 Å². The normalized spacial score (nSPS) is 12.0. The Morgan fingerprint density at radius 2 is 2.29 bits per heavy atom. The second kappa shape index (κ2) is 7.04. The van der Waals surface area contributed by atoms with Crippen molar-refractivity contribution in [3.8, 4) is 5.75 Å². The molecule has 21 heavy (non-hydrogen) atoms. The van der Waals surface area contributed by atoms with Crippen molar-refractivity contribution in [2.45, 2.75) is 26.3 Å². The van der Waals surface area contributed by atoms with Gasteiger partial charge in [-0.1, -0.05) is 22.9 Å². The number of benzene rings is 1. The Kier molecular flexibility index (Phi) is 5.36. The van der Waals surface area contributed by atoms with Gasteiger partial charge < -0.3 is 10.1 Å². The summed E-state index contributed by atoms with van der Waals surface area (Å²) in [7, 11) is 1.55. The molecular weight excluding hydrogens is 352 g/mol. The Hall–Kier alpha value is -1.40. The Balaban J connectivity index is 2.14. The molecule has 1 aromatic carbocycles. The van der Waals surface area contributed by atoms with E-state index >= 15 is 0 Å². The second-order valence-electron chi connectivity index (χ2n) is 4.56. The maximum Gasteiger partial charge on any atom is 0.255 e. The zero-order chi connectivity index (χ0) is 15.4. The van der Waals surface area contributed by atoms with Crippen molar-refractivity contribution in [2.24, 2.45) is 0 Å². The molecule has 1 heterocycles. The Morgan fingerprint density at radius 3 is 2.90 bits per heavy atom. The van der Waals surface area contributed by atoms with Gasteiger partial charge in [0, 0.05) is 15.5 Å². The van der Waals surface area contributed by atoms with Crippen LogP contribution in [0.4, 0.5) is 0 Å². The molecule has 0 fully saturated rings. The van der Waals surface area contributed by atoms with E-state index in [0.29, 0.717) is 11.3 Å². The number of aryl methyl sites for hydroxylation is 1. The Labute approximate surface area is 136 Å². The lowest BCUT2D eigenvalue weighted by Crippen LogP contribution is -2.26. The molecule has 2 rings (SSSR count). The third-order valence-corrected chi connectivity index (χ3v) is 4.86. The summed E-state index contributed by atoms with van der Waals surface area (Å²) in [6.45, 7) is 4.02. The van der Waals surface area contributed by atoms with Gasteiger partial charge in [0.1, 0.15) is 10.8 Å². The smallest absolute Gasteiger partial charge is 0.255 e. The number of nitrogens with zero attached hydrogens (tertiary/aromatic N) is 1. The maximum absolute atomic E-state index is 12.4. The van der Waals surface area contributed by atoms with Crippen molar-refractivity contribution < 1.29 is 9.53 Å². The van der Waals surface area contributed by atoms with Crippen molar-refractivity contribution in [3.05, 3.63) is 44.3 Å². The van der Waals surface area contributed by atoms with Crippen LogP contribution in [-0.4, -0.2) is 18.0 Å². The summed E-state index contributed by atoms with van der Waals surface area (Å²) in [6, 6.07) is 5.21. The molecule has 1 N–H and O–H groups in total. The fourth-order valence-corrected chi connectivity index (χ4v) is 3.07. The van der Waals surface area contributed by atoms with Crippen LogP contribution in [0.5, 0.6) is 5.75 Å². The average Bonchev–Trinajstić information content (AvgIpc) is 2.95. The monoisotopic (exact) mass is 368 g/mol. The molecule has 0 radical (unpaired) electrons. The van der Waals surface area contributed by atoms with Crippen LogP contribution in [0.25, 0.3) is 0 Å². The first kappa shape index (κ1) is 16.0. The molecular formula is C15H17BrN2O2S.